The monoisotopic (exact) mass is 767 g/mol. The Balaban J connectivity index is 1.63. The molecule has 0 aromatic carbocycles. The second-order valence-corrected chi connectivity index (χ2v) is 18.1. The maximum Gasteiger partial charge on any atom is 0.402 e. The van der Waals surface area contributed by atoms with Crippen LogP contribution in [0, 0.1) is 47.3 Å². The summed E-state index contributed by atoms with van der Waals surface area (Å²) in [4.78, 5) is 28.0. The molecule has 50 heavy (non-hydrogen) atoms. The van der Waals surface area contributed by atoms with Crippen molar-refractivity contribution in [2.45, 2.75) is 113 Å². The summed E-state index contributed by atoms with van der Waals surface area (Å²) in [5.41, 5.74) is -2.94. The number of carbonyl (C=O) groups is 2. The van der Waals surface area contributed by atoms with Crippen LogP contribution in [0.5, 0.6) is 0 Å². The molecule has 4 N–H and O–H groups in total. The van der Waals surface area contributed by atoms with E-state index < -0.39 is 96.9 Å². The van der Waals surface area contributed by atoms with Crippen LogP contribution in [0.15, 0.2) is 0 Å². The molecule has 0 heterocycles. The van der Waals surface area contributed by atoms with Crippen molar-refractivity contribution < 1.29 is 72.8 Å². The first-order chi connectivity index (χ1) is 22.8. The lowest BCUT2D eigenvalue weighted by Crippen LogP contribution is -2.72. The van der Waals surface area contributed by atoms with Crippen LogP contribution < -0.4 is 0 Å². The van der Waals surface area contributed by atoms with Crippen LogP contribution in [-0.2, 0) is 39.3 Å². The number of fused-ring (bicyclic) bond motifs is 4. The number of rotatable bonds is 13. The largest absolute Gasteiger partial charge is 0.458 e. The predicted octanol–water partition coefficient (Wildman–Crippen LogP) is 3.70. The number of carbonyl (C=O) groups excluding carboxylic acids is 2. The van der Waals surface area contributed by atoms with Crippen molar-refractivity contribution in [3.8, 4) is 0 Å². The Kier molecular flexibility index (Phi) is 11.8. The van der Waals surface area contributed by atoms with Gasteiger partial charge in [-0.25, -0.2) is 0 Å². The Bertz CT molecular complexity index is 1500. The first-order valence-corrected chi connectivity index (χ1v) is 20.0. The lowest BCUT2D eigenvalue weighted by atomic mass is 9.53. The van der Waals surface area contributed by atoms with E-state index in [-0.39, 0.29) is 55.8 Å². The van der Waals surface area contributed by atoms with Gasteiger partial charge in [0.15, 0.2) is 13.2 Å². The highest BCUT2D eigenvalue weighted by atomic mass is 32.2. The van der Waals surface area contributed by atoms with Crippen LogP contribution in [0.2, 0.25) is 0 Å². The SMILES string of the molecule is CCCN(C1C2CC(C(=O)OCC(F)(F)S(=O)(=O)O)CC1C(O)(CC)C(C)C2)C1(O)C(C)CC2CC(C(=O)OCC(F)(F)S(=O)(=O)O)CC1C2. The molecule has 4 bridgehead atoms. The number of aliphatic hydroxyl groups is 2. The summed E-state index contributed by atoms with van der Waals surface area (Å²) in [7, 11) is -11.7. The Morgan fingerprint density at radius 3 is 1.78 bits per heavy atom. The molecule has 0 saturated heterocycles. The Morgan fingerprint density at radius 2 is 1.30 bits per heavy atom. The van der Waals surface area contributed by atoms with Gasteiger partial charge in [-0.2, -0.15) is 34.4 Å². The third kappa shape index (κ3) is 7.56. The molecule has 4 saturated carbocycles. The molecule has 0 amide bonds. The molecule has 4 aliphatic rings. The fourth-order valence-electron chi connectivity index (χ4n) is 9.67. The molecule has 0 spiro atoms. The van der Waals surface area contributed by atoms with Gasteiger partial charge in [-0.1, -0.05) is 27.7 Å². The maximum atomic E-state index is 13.9. The van der Waals surface area contributed by atoms with Crippen LogP contribution in [0.25, 0.3) is 0 Å². The maximum absolute atomic E-state index is 13.9. The normalized spacial score (nSPS) is 38.1. The summed E-state index contributed by atoms with van der Waals surface area (Å²) in [6, 6.07) is -0.524. The fraction of sp³-hybridized carbons (Fsp3) is 0.935. The van der Waals surface area contributed by atoms with Crippen molar-refractivity contribution in [2.75, 3.05) is 19.8 Å². The first-order valence-electron chi connectivity index (χ1n) is 17.1. The van der Waals surface area contributed by atoms with E-state index in [0.717, 1.165) is 0 Å². The molecular formula is C31H49F4NO12S2. The molecule has 19 heteroatoms. The Morgan fingerprint density at radius 1 is 0.780 bits per heavy atom. The standard InChI is InChI=1S/C31H49F4NO12S2/c1-5-7-36(31(40)18(4)8-19-10-21(13-23(31)11-19)26(37)47-15-29(32,33)49(41,42)43)25-20-9-17(3)28(39,6-2)24(25)14-22(12-20)27(38)48-16-30(34,35)50(44,45)46/h17-25,39-40H,5-16H2,1-4H3,(H,41,42,43)(H,44,45,46). The molecule has 11 atom stereocenters. The quantitative estimate of drug-likeness (QED) is 0.0915. The molecule has 4 rings (SSSR count). The lowest BCUT2D eigenvalue weighted by molar-refractivity contribution is -0.270. The van der Waals surface area contributed by atoms with Gasteiger partial charge in [0.2, 0.25) is 0 Å². The van der Waals surface area contributed by atoms with Crippen molar-refractivity contribution in [3.63, 3.8) is 0 Å². The Labute approximate surface area is 289 Å². The summed E-state index contributed by atoms with van der Waals surface area (Å²) < 4.78 is 127. The number of hydrogen-bond donors (Lipinski definition) is 4. The molecule has 290 valence electrons. The van der Waals surface area contributed by atoms with E-state index in [1.807, 2.05) is 25.7 Å². The van der Waals surface area contributed by atoms with E-state index in [1.54, 1.807) is 6.92 Å². The van der Waals surface area contributed by atoms with E-state index in [9.17, 15) is 54.2 Å². The number of nitrogens with zero attached hydrogens (tertiary/aromatic N) is 1. The summed E-state index contributed by atoms with van der Waals surface area (Å²) >= 11 is 0. The lowest BCUT2D eigenvalue weighted by Gasteiger charge is -2.64. The molecule has 4 aliphatic carbocycles. The van der Waals surface area contributed by atoms with Gasteiger partial charge in [0, 0.05) is 24.4 Å². The third-order valence-electron chi connectivity index (χ3n) is 12.0. The zero-order chi connectivity index (χ0) is 37.8. The number of esters is 2. The van der Waals surface area contributed by atoms with Crippen LogP contribution in [0.4, 0.5) is 17.6 Å². The second-order valence-electron chi connectivity index (χ2n) is 15.0. The van der Waals surface area contributed by atoms with Gasteiger partial charge in [-0.05, 0) is 81.5 Å². The predicted molar refractivity (Wildman–Crippen MR) is 167 cm³/mol. The number of ether oxygens (including phenoxy) is 2. The minimum absolute atomic E-state index is 0.0268. The molecule has 11 unspecified atom stereocenters. The number of halogens is 4. The minimum atomic E-state index is -5.84. The van der Waals surface area contributed by atoms with Gasteiger partial charge < -0.3 is 19.7 Å². The second kappa shape index (κ2) is 14.3. The van der Waals surface area contributed by atoms with Crippen LogP contribution in [0.3, 0.4) is 0 Å². The van der Waals surface area contributed by atoms with Gasteiger partial charge in [0.1, 0.15) is 5.72 Å². The van der Waals surface area contributed by atoms with Crippen molar-refractivity contribution in [1.82, 2.24) is 4.90 Å². The molecule has 0 aromatic heterocycles. The van der Waals surface area contributed by atoms with Crippen LogP contribution in [0.1, 0.15) is 85.5 Å². The number of alkyl halides is 4. The van der Waals surface area contributed by atoms with E-state index in [2.05, 4.69) is 4.74 Å². The molecule has 4 fully saturated rings. The van der Waals surface area contributed by atoms with Crippen molar-refractivity contribution in [3.05, 3.63) is 0 Å². The molecule has 0 aliphatic heterocycles. The van der Waals surface area contributed by atoms with Gasteiger partial charge in [0.25, 0.3) is 0 Å². The Hall–Kier alpha value is -1.64. The zero-order valence-electron chi connectivity index (χ0n) is 28.5. The summed E-state index contributed by atoms with van der Waals surface area (Å²) in [5.74, 6) is -6.44. The van der Waals surface area contributed by atoms with E-state index in [0.29, 0.717) is 32.2 Å². The number of hydrogen-bond acceptors (Lipinski definition) is 11. The molecule has 0 radical (unpaired) electrons. The van der Waals surface area contributed by atoms with Crippen LogP contribution >= 0.6 is 0 Å². The van der Waals surface area contributed by atoms with Gasteiger partial charge in [0.05, 0.1) is 17.4 Å². The van der Waals surface area contributed by atoms with Gasteiger partial charge in [-0.15, -0.1) is 0 Å². The smallest absolute Gasteiger partial charge is 0.402 e. The summed E-state index contributed by atoms with van der Waals surface area (Å²) in [6.45, 7) is 4.00. The average Bonchev–Trinajstić information content (AvgIpc) is 3.01. The first kappa shape index (κ1) is 41.1. The highest BCUT2D eigenvalue weighted by molar-refractivity contribution is 7.87. The molecule has 0 aromatic rings. The van der Waals surface area contributed by atoms with Crippen molar-refractivity contribution >= 4 is 32.2 Å². The van der Waals surface area contributed by atoms with E-state index >= 15 is 0 Å². The summed E-state index contributed by atoms with van der Waals surface area (Å²) in [6.07, 6.45) is 2.53. The zero-order valence-corrected chi connectivity index (χ0v) is 30.1. The minimum Gasteiger partial charge on any atom is -0.458 e. The van der Waals surface area contributed by atoms with Gasteiger partial charge >= 0.3 is 42.7 Å². The fourth-order valence-corrected chi connectivity index (χ4v) is 10.1. The molecule has 13 nitrogen and oxygen atoms in total. The van der Waals surface area contributed by atoms with E-state index in [4.69, 9.17) is 13.8 Å². The van der Waals surface area contributed by atoms with Crippen molar-refractivity contribution in [2.24, 2.45) is 47.3 Å². The molecular weight excluding hydrogens is 718 g/mol. The topological polar surface area (TPSA) is 205 Å². The summed E-state index contributed by atoms with van der Waals surface area (Å²) in [5, 5.41) is 15.6. The van der Waals surface area contributed by atoms with Gasteiger partial charge in [-0.3, -0.25) is 23.6 Å². The van der Waals surface area contributed by atoms with Crippen molar-refractivity contribution in [1.29, 1.82) is 0 Å². The van der Waals surface area contributed by atoms with E-state index in [1.165, 1.54) is 0 Å². The highest BCUT2D eigenvalue weighted by Gasteiger charge is 2.63. The van der Waals surface area contributed by atoms with Crippen LogP contribution in [-0.4, -0.2) is 101 Å². The highest BCUT2D eigenvalue weighted by Crippen LogP contribution is 2.58. The third-order valence-corrected chi connectivity index (χ3v) is 13.8. The average molecular weight is 768 g/mol.